The van der Waals surface area contributed by atoms with E-state index in [0.29, 0.717) is 15.9 Å². The largest absolute Gasteiger partial charge is 0.382 e. The van der Waals surface area contributed by atoms with E-state index in [9.17, 15) is 4.39 Å². The summed E-state index contributed by atoms with van der Waals surface area (Å²) in [6, 6.07) is 3.93. The minimum Gasteiger partial charge on any atom is -0.382 e. The van der Waals surface area contributed by atoms with Crippen molar-refractivity contribution in [1.82, 2.24) is 0 Å². The van der Waals surface area contributed by atoms with Crippen LogP contribution in [0, 0.1) is 18.2 Å². The van der Waals surface area contributed by atoms with Crippen LogP contribution in [0.5, 0.6) is 0 Å². The zero-order valence-corrected chi connectivity index (χ0v) is 13.6. The molecular formula is C16H23BrFN. The fourth-order valence-corrected chi connectivity index (χ4v) is 3.29. The molecular weight excluding hydrogens is 305 g/mol. The van der Waals surface area contributed by atoms with Crippen LogP contribution in [0.3, 0.4) is 0 Å². The Morgan fingerprint density at radius 3 is 2.74 bits per heavy atom. The van der Waals surface area contributed by atoms with Crippen LogP contribution in [0.15, 0.2) is 16.6 Å². The maximum Gasteiger partial charge on any atom is 0.139 e. The van der Waals surface area contributed by atoms with E-state index >= 15 is 0 Å². The molecule has 1 aromatic carbocycles. The molecule has 0 heterocycles. The molecule has 1 nitrogen and oxygen atoms in total. The van der Waals surface area contributed by atoms with Gasteiger partial charge in [0.15, 0.2) is 0 Å². The first-order valence-electron chi connectivity index (χ1n) is 7.09. The van der Waals surface area contributed by atoms with E-state index in [-0.39, 0.29) is 5.82 Å². The predicted octanol–water partition coefficient (Wildman–Crippen LogP) is 5.67. The fraction of sp³-hybridized carbons (Fsp3) is 0.625. The third kappa shape index (κ3) is 3.95. The summed E-state index contributed by atoms with van der Waals surface area (Å²) in [5.74, 6) is -0.193. The molecule has 0 aliphatic heterocycles. The standard InChI is InChI=1S/C16H23BrFN/c1-11-9-13(17)14(18)10-15(11)19-12-5-4-7-16(2,3)8-6-12/h9-10,12,19H,4-8H2,1-3H3. The van der Waals surface area contributed by atoms with Gasteiger partial charge in [0.05, 0.1) is 4.47 Å². The van der Waals surface area contributed by atoms with E-state index in [1.54, 1.807) is 6.07 Å². The summed E-state index contributed by atoms with van der Waals surface area (Å²) in [6.07, 6.45) is 6.13. The van der Waals surface area contributed by atoms with Crippen LogP contribution >= 0.6 is 15.9 Å². The molecule has 0 aromatic heterocycles. The molecule has 0 saturated heterocycles. The van der Waals surface area contributed by atoms with E-state index < -0.39 is 0 Å². The molecule has 106 valence electrons. The lowest BCUT2D eigenvalue weighted by atomic mass is 9.85. The second-order valence-corrected chi connectivity index (χ2v) is 7.37. The van der Waals surface area contributed by atoms with Crippen molar-refractivity contribution in [2.24, 2.45) is 5.41 Å². The summed E-state index contributed by atoms with van der Waals surface area (Å²) < 4.78 is 14.2. The number of benzene rings is 1. The van der Waals surface area contributed by atoms with Gasteiger partial charge in [-0.15, -0.1) is 0 Å². The SMILES string of the molecule is Cc1cc(Br)c(F)cc1NC1CCCC(C)(C)CC1. The highest BCUT2D eigenvalue weighted by Crippen LogP contribution is 2.35. The number of anilines is 1. The normalized spacial score (nSPS) is 22.9. The first-order chi connectivity index (χ1) is 8.87. The molecule has 2 rings (SSSR count). The number of hydrogen-bond acceptors (Lipinski definition) is 1. The first kappa shape index (κ1) is 14.8. The highest BCUT2D eigenvalue weighted by atomic mass is 79.9. The second-order valence-electron chi connectivity index (χ2n) is 6.52. The quantitative estimate of drug-likeness (QED) is 0.690. The second kappa shape index (κ2) is 5.82. The number of rotatable bonds is 2. The van der Waals surface area contributed by atoms with Gasteiger partial charge in [0.25, 0.3) is 0 Å². The Bertz CT molecular complexity index is 456. The molecule has 1 fully saturated rings. The van der Waals surface area contributed by atoms with Crippen LogP contribution in [-0.4, -0.2) is 6.04 Å². The smallest absolute Gasteiger partial charge is 0.139 e. The third-order valence-corrected chi connectivity index (χ3v) is 4.81. The molecule has 0 spiro atoms. The van der Waals surface area contributed by atoms with Gasteiger partial charge < -0.3 is 5.32 Å². The zero-order valence-electron chi connectivity index (χ0n) is 12.0. The Labute approximate surface area is 124 Å². The molecule has 0 amide bonds. The van der Waals surface area contributed by atoms with Crippen LogP contribution in [0.1, 0.15) is 51.5 Å². The summed E-state index contributed by atoms with van der Waals surface area (Å²) in [5.41, 5.74) is 2.48. The molecule has 0 bridgehead atoms. The molecule has 1 N–H and O–H groups in total. The van der Waals surface area contributed by atoms with E-state index in [2.05, 4.69) is 35.1 Å². The van der Waals surface area contributed by atoms with Gasteiger partial charge in [-0.2, -0.15) is 0 Å². The molecule has 1 saturated carbocycles. The van der Waals surface area contributed by atoms with Gasteiger partial charge in [-0.1, -0.05) is 20.3 Å². The van der Waals surface area contributed by atoms with Crippen molar-refractivity contribution in [3.05, 3.63) is 28.0 Å². The number of halogens is 2. The molecule has 3 heteroatoms. The Morgan fingerprint density at radius 1 is 1.26 bits per heavy atom. The van der Waals surface area contributed by atoms with Gasteiger partial charge >= 0.3 is 0 Å². The Hall–Kier alpha value is -0.570. The molecule has 1 aliphatic carbocycles. The van der Waals surface area contributed by atoms with Crippen molar-refractivity contribution in [3.63, 3.8) is 0 Å². The Morgan fingerprint density at radius 2 is 2.00 bits per heavy atom. The highest BCUT2D eigenvalue weighted by Gasteiger charge is 2.24. The van der Waals surface area contributed by atoms with Gasteiger partial charge in [0.2, 0.25) is 0 Å². The minimum absolute atomic E-state index is 0.193. The number of aryl methyl sites for hydroxylation is 1. The van der Waals surface area contributed by atoms with Gasteiger partial charge in [0.1, 0.15) is 5.82 Å². The summed E-state index contributed by atoms with van der Waals surface area (Å²) in [4.78, 5) is 0. The van der Waals surface area contributed by atoms with E-state index in [1.807, 2.05) is 13.0 Å². The molecule has 1 aromatic rings. The van der Waals surface area contributed by atoms with Crippen LogP contribution in [0.4, 0.5) is 10.1 Å². The molecule has 1 aliphatic rings. The summed E-state index contributed by atoms with van der Waals surface area (Å²) >= 11 is 3.23. The van der Waals surface area contributed by atoms with Crippen LogP contribution < -0.4 is 5.32 Å². The van der Waals surface area contributed by atoms with Crippen LogP contribution in [0.2, 0.25) is 0 Å². The first-order valence-corrected chi connectivity index (χ1v) is 7.89. The lowest BCUT2D eigenvalue weighted by molar-refractivity contribution is 0.313. The molecule has 0 radical (unpaired) electrons. The topological polar surface area (TPSA) is 12.0 Å². The summed E-state index contributed by atoms with van der Waals surface area (Å²) in [7, 11) is 0. The Balaban J connectivity index is 2.07. The van der Waals surface area contributed by atoms with Crippen LogP contribution in [-0.2, 0) is 0 Å². The maximum atomic E-state index is 13.6. The van der Waals surface area contributed by atoms with Crippen molar-refractivity contribution < 1.29 is 4.39 Å². The highest BCUT2D eigenvalue weighted by molar-refractivity contribution is 9.10. The number of hydrogen-bond donors (Lipinski definition) is 1. The van der Waals surface area contributed by atoms with Crippen molar-refractivity contribution >= 4 is 21.6 Å². The summed E-state index contributed by atoms with van der Waals surface area (Å²) in [6.45, 7) is 6.72. The van der Waals surface area contributed by atoms with Crippen LogP contribution in [0.25, 0.3) is 0 Å². The average Bonchev–Trinajstić information content (AvgIpc) is 2.48. The lowest BCUT2D eigenvalue weighted by Crippen LogP contribution is -2.20. The molecule has 1 atom stereocenters. The third-order valence-electron chi connectivity index (χ3n) is 4.20. The van der Waals surface area contributed by atoms with Crippen molar-refractivity contribution in [2.45, 2.75) is 58.9 Å². The van der Waals surface area contributed by atoms with Gasteiger partial charge in [-0.3, -0.25) is 0 Å². The van der Waals surface area contributed by atoms with Gasteiger partial charge in [0, 0.05) is 11.7 Å². The van der Waals surface area contributed by atoms with Crippen molar-refractivity contribution in [1.29, 1.82) is 0 Å². The van der Waals surface area contributed by atoms with E-state index in [4.69, 9.17) is 0 Å². The number of nitrogens with one attached hydrogen (secondary N) is 1. The molecule has 1 unspecified atom stereocenters. The minimum atomic E-state index is -0.193. The lowest BCUT2D eigenvalue weighted by Gasteiger charge is -2.23. The van der Waals surface area contributed by atoms with Gasteiger partial charge in [-0.05, 0) is 71.6 Å². The summed E-state index contributed by atoms with van der Waals surface area (Å²) in [5, 5.41) is 3.53. The van der Waals surface area contributed by atoms with Gasteiger partial charge in [-0.25, -0.2) is 4.39 Å². The van der Waals surface area contributed by atoms with E-state index in [1.165, 1.54) is 32.1 Å². The molecule has 19 heavy (non-hydrogen) atoms. The van der Waals surface area contributed by atoms with Crippen molar-refractivity contribution in [2.75, 3.05) is 5.32 Å². The maximum absolute atomic E-state index is 13.6. The van der Waals surface area contributed by atoms with E-state index in [0.717, 1.165) is 11.3 Å². The fourth-order valence-electron chi connectivity index (χ4n) is 2.83. The zero-order chi connectivity index (χ0) is 14.0. The Kier molecular flexibility index (Phi) is 4.54. The average molecular weight is 328 g/mol. The predicted molar refractivity (Wildman–Crippen MR) is 83.1 cm³/mol. The van der Waals surface area contributed by atoms with Crippen molar-refractivity contribution in [3.8, 4) is 0 Å². The monoisotopic (exact) mass is 327 g/mol.